The number of halogens is 2. The quantitative estimate of drug-likeness (QED) is 0.178. The van der Waals surface area contributed by atoms with E-state index in [9.17, 15) is 0 Å². The number of aryl methyl sites for hydroxylation is 4. The third kappa shape index (κ3) is 6.88. The summed E-state index contributed by atoms with van der Waals surface area (Å²) in [6.45, 7) is 8.42. The molecule has 0 amide bonds. The van der Waals surface area contributed by atoms with Crippen LogP contribution in [0.5, 0.6) is 0 Å². The third-order valence-corrected chi connectivity index (χ3v) is 11.0. The highest BCUT2D eigenvalue weighted by Crippen LogP contribution is 2.42. The van der Waals surface area contributed by atoms with Crippen molar-refractivity contribution in [3.05, 3.63) is 190 Å². The Morgan fingerprint density at radius 3 is 0.964 bits per heavy atom. The Hall–Kier alpha value is -6.06. The minimum atomic E-state index is 0.716. The van der Waals surface area contributed by atoms with Crippen molar-refractivity contribution in [2.45, 2.75) is 27.7 Å². The second-order valence-corrected chi connectivity index (χ2v) is 15.6. The zero-order valence-electron chi connectivity index (χ0n) is 31.6. The van der Waals surface area contributed by atoms with Crippen molar-refractivity contribution in [3.8, 4) is 44.5 Å². The Morgan fingerprint density at radius 2 is 0.625 bits per heavy atom. The summed E-state index contributed by atoms with van der Waals surface area (Å²) in [7, 11) is 0. The number of furan rings is 2. The molecule has 0 atom stereocenters. The monoisotopic (exact) mass is 764 g/mol. The van der Waals surface area contributed by atoms with Crippen LogP contribution in [0, 0.1) is 27.7 Å². The maximum atomic E-state index is 6.28. The van der Waals surface area contributed by atoms with Crippen LogP contribution < -0.4 is 0 Å². The van der Waals surface area contributed by atoms with E-state index in [0.717, 1.165) is 66.1 Å². The van der Waals surface area contributed by atoms with E-state index in [1.165, 1.54) is 44.5 Å². The second kappa shape index (κ2) is 14.5. The molecule has 2 aromatic heterocycles. The average molecular weight is 766 g/mol. The molecule has 0 spiro atoms. The summed E-state index contributed by atoms with van der Waals surface area (Å²) in [6.07, 6.45) is 0. The Kier molecular flexibility index (Phi) is 9.25. The van der Waals surface area contributed by atoms with Gasteiger partial charge in [0.1, 0.15) is 22.3 Å². The van der Waals surface area contributed by atoms with E-state index in [1.807, 2.05) is 36.4 Å². The molecule has 0 saturated carbocycles. The van der Waals surface area contributed by atoms with Crippen molar-refractivity contribution in [3.63, 3.8) is 0 Å². The highest BCUT2D eigenvalue weighted by atomic mass is 35.5. The third-order valence-electron chi connectivity index (χ3n) is 10.6. The van der Waals surface area contributed by atoms with Gasteiger partial charge in [0, 0.05) is 42.7 Å². The van der Waals surface area contributed by atoms with Crippen LogP contribution in [0.25, 0.3) is 88.4 Å². The molecule has 0 N–H and O–H groups in total. The van der Waals surface area contributed by atoms with Gasteiger partial charge in [0.25, 0.3) is 0 Å². The first-order valence-electron chi connectivity index (χ1n) is 18.8. The lowest BCUT2D eigenvalue weighted by atomic mass is 9.95. The molecular formula is C52H38Cl2O2. The molecule has 0 aliphatic rings. The molecule has 10 aromatic rings. The lowest BCUT2D eigenvalue weighted by Crippen LogP contribution is -1.84. The van der Waals surface area contributed by atoms with Gasteiger partial charge in [-0.15, -0.1) is 0 Å². The standard InChI is InChI=1S/2C26H19ClO/c2*1-16-3-7-18(8-4-16)20-13-22(19-9-5-17(2)6-10-19)26-24(14-20)23-15-21(27)11-12-25(23)28-26/h2*3-15H,1-2H3. The fraction of sp³-hybridized carbons (Fsp3) is 0.0769. The van der Waals surface area contributed by atoms with E-state index in [4.69, 9.17) is 32.0 Å². The zero-order chi connectivity index (χ0) is 38.5. The van der Waals surface area contributed by atoms with Crippen molar-refractivity contribution in [2.75, 3.05) is 0 Å². The smallest absolute Gasteiger partial charge is 0.143 e. The zero-order valence-corrected chi connectivity index (χ0v) is 33.1. The molecule has 0 saturated heterocycles. The van der Waals surface area contributed by atoms with Gasteiger partial charge < -0.3 is 8.83 Å². The van der Waals surface area contributed by atoms with E-state index in [-0.39, 0.29) is 0 Å². The fourth-order valence-corrected chi connectivity index (χ4v) is 7.77. The lowest BCUT2D eigenvalue weighted by molar-refractivity contribution is 0.669. The number of hydrogen-bond acceptors (Lipinski definition) is 2. The molecule has 0 bridgehead atoms. The average Bonchev–Trinajstić information content (AvgIpc) is 3.76. The largest absolute Gasteiger partial charge is 0.455 e. The van der Waals surface area contributed by atoms with Gasteiger partial charge in [-0.05, 0) is 122 Å². The SMILES string of the molecule is Cc1ccc(-c2cc(-c3ccc(C)cc3)c3oc4ccc(Cl)cc4c3c2)cc1.Cc1ccc(-c2cc(-c3ccc(C)cc3)c3oc4ccc(Cl)cc4c3c2)cc1. The van der Waals surface area contributed by atoms with Gasteiger partial charge in [0.15, 0.2) is 0 Å². The molecule has 2 nitrogen and oxygen atoms in total. The van der Waals surface area contributed by atoms with Crippen molar-refractivity contribution in [1.82, 2.24) is 0 Å². The Balaban J connectivity index is 0.000000146. The van der Waals surface area contributed by atoms with Crippen LogP contribution in [0.1, 0.15) is 22.3 Å². The first-order chi connectivity index (χ1) is 27.2. The molecule has 272 valence electrons. The Morgan fingerprint density at radius 1 is 0.304 bits per heavy atom. The number of benzene rings is 8. The predicted molar refractivity (Wildman–Crippen MR) is 238 cm³/mol. The lowest BCUT2D eigenvalue weighted by Gasteiger charge is -2.09. The summed E-state index contributed by atoms with van der Waals surface area (Å²) < 4.78 is 12.5. The molecule has 0 aliphatic heterocycles. The summed E-state index contributed by atoms with van der Waals surface area (Å²) in [5, 5.41) is 5.70. The molecule has 0 radical (unpaired) electrons. The second-order valence-electron chi connectivity index (χ2n) is 14.8. The summed E-state index contributed by atoms with van der Waals surface area (Å²) in [6, 6.07) is 54.9. The van der Waals surface area contributed by atoms with Gasteiger partial charge in [0.2, 0.25) is 0 Å². The minimum absolute atomic E-state index is 0.716. The van der Waals surface area contributed by atoms with E-state index in [2.05, 4.69) is 149 Å². The Labute approximate surface area is 336 Å². The molecule has 0 fully saturated rings. The van der Waals surface area contributed by atoms with Crippen LogP contribution in [-0.4, -0.2) is 0 Å². The van der Waals surface area contributed by atoms with E-state index < -0.39 is 0 Å². The summed E-state index contributed by atoms with van der Waals surface area (Å²) in [5.74, 6) is 0. The summed E-state index contributed by atoms with van der Waals surface area (Å²) in [5.41, 5.74) is 17.7. The van der Waals surface area contributed by atoms with E-state index >= 15 is 0 Å². The molecular weight excluding hydrogens is 727 g/mol. The van der Waals surface area contributed by atoms with Crippen molar-refractivity contribution >= 4 is 67.1 Å². The van der Waals surface area contributed by atoms with Crippen LogP contribution >= 0.6 is 23.2 Å². The maximum absolute atomic E-state index is 6.28. The normalized spacial score (nSPS) is 11.4. The molecule has 56 heavy (non-hydrogen) atoms. The highest BCUT2D eigenvalue weighted by Gasteiger charge is 2.17. The molecule has 4 heteroatoms. The molecule has 0 unspecified atom stereocenters. The number of fused-ring (bicyclic) bond motifs is 6. The summed E-state index contributed by atoms with van der Waals surface area (Å²) in [4.78, 5) is 0. The fourth-order valence-electron chi connectivity index (χ4n) is 7.42. The first-order valence-corrected chi connectivity index (χ1v) is 19.5. The van der Waals surface area contributed by atoms with Crippen LogP contribution in [0.2, 0.25) is 10.0 Å². The first kappa shape index (κ1) is 35.6. The molecule has 10 rings (SSSR count). The minimum Gasteiger partial charge on any atom is -0.455 e. The van der Waals surface area contributed by atoms with Crippen molar-refractivity contribution in [1.29, 1.82) is 0 Å². The van der Waals surface area contributed by atoms with E-state index in [0.29, 0.717) is 10.0 Å². The number of rotatable bonds is 4. The Bertz CT molecular complexity index is 2830. The molecule has 0 aliphatic carbocycles. The van der Waals surface area contributed by atoms with Crippen LogP contribution in [-0.2, 0) is 0 Å². The van der Waals surface area contributed by atoms with Crippen molar-refractivity contribution in [2.24, 2.45) is 0 Å². The van der Waals surface area contributed by atoms with Gasteiger partial charge in [-0.2, -0.15) is 0 Å². The van der Waals surface area contributed by atoms with E-state index in [1.54, 1.807) is 0 Å². The van der Waals surface area contributed by atoms with Crippen LogP contribution in [0.4, 0.5) is 0 Å². The molecule has 8 aromatic carbocycles. The van der Waals surface area contributed by atoms with Gasteiger partial charge in [0.05, 0.1) is 0 Å². The van der Waals surface area contributed by atoms with Gasteiger partial charge in [-0.25, -0.2) is 0 Å². The van der Waals surface area contributed by atoms with Gasteiger partial charge >= 0.3 is 0 Å². The topological polar surface area (TPSA) is 26.3 Å². The van der Waals surface area contributed by atoms with Gasteiger partial charge in [-0.3, -0.25) is 0 Å². The maximum Gasteiger partial charge on any atom is 0.143 e. The van der Waals surface area contributed by atoms with Crippen LogP contribution in [0.3, 0.4) is 0 Å². The van der Waals surface area contributed by atoms with Gasteiger partial charge in [-0.1, -0.05) is 143 Å². The number of hydrogen-bond donors (Lipinski definition) is 0. The predicted octanol–water partition coefficient (Wildman–Crippen LogP) is 16.4. The van der Waals surface area contributed by atoms with Crippen LogP contribution in [0.15, 0.2) is 167 Å². The highest BCUT2D eigenvalue weighted by molar-refractivity contribution is 6.32. The molecule has 2 heterocycles. The van der Waals surface area contributed by atoms with Crippen molar-refractivity contribution < 1.29 is 8.83 Å². The summed E-state index contributed by atoms with van der Waals surface area (Å²) >= 11 is 12.6.